The lowest BCUT2D eigenvalue weighted by molar-refractivity contribution is 0.0147. The van der Waals surface area contributed by atoms with Crippen LogP contribution in [-0.4, -0.2) is 60.3 Å². The minimum absolute atomic E-state index is 0.0147. The van der Waals surface area contributed by atoms with E-state index in [4.69, 9.17) is 0 Å². The Morgan fingerprint density at radius 2 is 1.61 bits per heavy atom. The number of hydrogen-bond donors (Lipinski definition) is 1. The van der Waals surface area contributed by atoms with Gasteiger partial charge in [-0.3, -0.25) is 9.80 Å². The first-order valence-corrected chi connectivity index (χ1v) is 7.05. The van der Waals surface area contributed by atoms with Gasteiger partial charge in [0, 0.05) is 39.3 Å². The van der Waals surface area contributed by atoms with Crippen molar-refractivity contribution in [1.82, 2.24) is 9.80 Å². The molecular formula is C15H30N2O. The molecule has 1 saturated heterocycles. The summed E-state index contributed by atoms with van der Waals surface area (Å²) in [5.74, 6) is 0. The maximum absolute atomic E-state index is 10.1. The van der Waals surface area contributed by atoms with Crippen LogP contribution in [0.5, 0.6) is 0 Å². The lowest BCUT2D eigenvalue weighted by atomic mass is 9.89. The lowest BCUT2D eigenvalue weighted by Crippen LogP contribution is -2.50. The molecular weight excluding hydrogens is 224 g/mol. The van der Waals surface area contributed by atoms with Crippen LogP contribution >= 0.6 is 0 Å². The van der Waals surface area contributed by atoms with Gasteiger partial charge in [0.2, 0.25) is 0 Å². The molecule has 0 aromatic rings. The summed E-state index contributed by atoms with van der Waals surface area (Å²) in [4.78, 5) is 4.86. The van der Waals surface area contributed by atoms with Crippen LogP contribution in [0, 0.1) is 5.41 Å². The third-order valence-electron chi connectivity index (χ3n) is 3.65. The fourth-order valence-electron chi connectivity index (χ4n) is 1.98. The van der Waals surface area contributed by atoms with E-state index >= 15 is 0 Å². The second kappa shape index (κ2) is 6.69. The summed E-state index contributed by atoms with van der Waals surface area (Å²) in [7, 11) is 0. The van der Waals surface area contributed by atoms with Crippen molar-refractivity contribution < 1.29 is 5.11 Å². The number of aliphatic hydroxyl groups is 1. The fourth-order valence-corrected chi connectivity index (χ4v) is 1.98. The minimum Gasteiger partial charge on any atom is -0.391 e. The Morgan fingerprint density at radius 3 is 2.06 bits per heavy atom. The number of aliphatic hydroxyl groups excluding tert-OH is 1. The fraction of sp³-hybridized carbons (Fsp3) is 0.867. The SMILES string of the molecule is CC(C)=CCN1CCN(CC(O)C(C)(C)C)CC1. The average molecular weight is 254 g/mol. The molecule has 18 heavy (non-hydrogen) atoms. The molecule has 1 atom stereocenters. The second-order valence-electron chi connectivity index (χ2n) is 6.76. The number of hydrogen-bond acceptors (Lipinski definition) is 3. The average Bonchev–Trinajstić information content (AvgIpc) is 2.26. The van der Waals surface area contributed by atoms with Gasteiger partial charge in [0.05, 0.1) is 6.10 Å². The van der Waals surface area contributed by atoms with Crippen LogP contribution < -0.4 is 0 Å². The zero-order chi connectivity index (χ0) is 13.8. The molecule has 3 nitrogen and oxygen atoms in total. The zero-order valence-electron chi connectivity index (χ0n) is 12.7. The molecule has 1 rings (SSSR count). The van der Waals surface area contributed by atoms with E-state index in [9.17, 15) is 5.11 Å². The van der Waals surface area contributed by atoms with Crippen molar-refractivity contribution in [2.24, 2.45) is 5.41 Å². The summed E-state index contributed by atoms with van der Waals surface area (Å²) in [6.07, 6.45) is 2.06. The molecule has 1 N–H and O–H groups in total. The smallest absolute Gasteiger partial charge is 0.0715 e. The number of piperazine rings is 1. The van der Waals surface area contributed by atoms with Crippen molar-refractivity contribution in [3.63, 3.8) is 0 Å². The first kappa shape index (κ1) is 15.7. The third-order valence-corrected chi connectivity index (χ3v) is 3.65. The van der Waals surface area contributed by atoms with Gasteiger partial charge >= 0.3 is 0 Å². The summed E-state index contributed by atoms with van der Waals surface area (Å²) in [5.41, 5.74) is 1.37. The molecule has 1 heterocycles. The monoisotopic (exact) mass is 254 g/mol. The Labute approximate surface area is 112 Å². The molecule has 0 saturated carbocycles. The highest BCUT2D eigenvalue weighted by molar-refractivity contribution is 4.95. The first-order valence-electron chi connectivity index (χ1n) is 7.05. The molecule has 0 aromatic heterocycles. The van der Waals surface area contributed by atoms with Gasteiger partial charge in [-0.1, -0.05) is 32.4 Å². The minimum atomic E-state index is -0.234. The Bertz CT molecular complexity index is 269. The van der Waals surface area contributed by atoms with Crippen LogP contribution in [0.15, 0.2) is 11.6 Å². The zero-order valence-corrected chi connectivity index (χ0v) is 12.7. The lowest BCUT2D eigenvalue weighted by Gasteiger charge is -2.37. The second-order valence-corrected chi connectivity index (χ2v) is 6.76. The topological polar surface area (TPSA) is 26.7 Å². The molecule has 0 aliphatic carbocycles. The molecule has 1 aliphatic rings. The summed E-state index contributed by atoms with van der Waals surface area (Å²) in [5, 5.41) is 10.1. The molecule has 0 bridgehead atoms. The molecule has 3 heteroatoms. The highest BCUT2D eigenvalue weighted by atomic mass is 16.3. The van der Waals surface area contributed by atoms with E-state index in [1.165, 1.54) is 5.57 Å². The predicted octanol–water partition coefficient (Wildman–Crippen LogP) is 1.98. The van der Waals surface area contributed by atoms with Crippen molar-refractivity contribution in [1.29, 1.82) is 0 Å². The van der Waals surface area contributed by atoms with E-state index in [1.54, 1.807) is 0 Å². The van der Waals surface area contributed by atoms with E-state index in [0.717, 1.165) is 39.3 Å². The van der Waals surface area contributed by atoms with E-state index in [0.29, 0.717) is 0 Å². The van der Waals surface area contributed by atoms with Crippen LogP contribution in [0.1, 0.15) is 34.6 Å². The molecule has 106 valence electrons. The quantitative estimate of drug-likeness (QED) is 0.777. The van der Waals surface area contributed by atoms with Crippen molar-refractivity contribution in [3.05, 3.63) is 11.6 Å². The van der Waals surface area contributed by atoms with Gasteiger partial charge in [0.1, 0.15) is 0 Å². The summed E-state index contributed by atoms with van der Waals surface area (Å²) >= 11 is 0. The summed E-state index contributed by atoms with van der Waals surface area (Å²) in [6, 6.07) is 0. The molecule has 0 spiro atoms. The van der Waals surface area contributed by atoms with Crippen LogP contribution in [0.25, 0.3) is 0 Å². The third kappa shape index (κ3) is 5.51. The summed E-state index contributed by atoms with van der Waals surface area (Å²) < 4.78 is 0. The Balaban J connectivity index is 2.29. The van der Waals surface area contributed by atoms with Crippen LogP contribution in [0.2, 0.25) is 0 Å². The van der Waals surface area contributed by atoms with Crippen LogP contribution in [0.3, 0.4) is 0 Å². The first-order chi connectivity index (χ1) is 8.29. The maximum atomic E-state index is 10.1. The number of rotatable bonds is 4. The van der Waals surface area contributed by atoms with Gasteiger partial charge in [0.25, 0.3) is 0 Å². The van der Waals surface area contributed by atoms with E-state index < -0.39 is 0 Å². The van der Waals surface area contributed by atoms with Gasteiger partial charge in [-0.05, 0) is 19.3 Å². The van der Waals surface area contributed by atoms with Gasteiger partial charge in [-0.25, -0.2) is 0 Å². The van der Waals surface area contributed by atoms with Crippen molar-refractivity contribution in [2.45, 2.75) is 40.7 Å². The Morgan fingerprint density at radius 1 is 1.11 bits per heavy atom. The normalized spacial score (nSPS) is 20.8. The Kier molecular flexibility index (Phi) is 5.83. The van der Waals surface area contributed by atoms with Crippen molar-refractivity contribution >= 4 is 0 Å². The largest absolute Gasteiger partial charge is 0.391 e. The van der Waals surface area contributed by atoms with E-state index in [-0.39, 0.29) is 11.5 Å². The standard InChI is InChI=1S/C15H30N2O/c1-13(2)6-7-16-8-10-17(11-9-16)12-14(18)15(3,4)5/h6,14,18H,7-12H2,1-5H3. The molecule has 1 unspecified atom stereocenters. The van der Waals surface area contributed by atoms with Gasteiger partial charge in [-0.2, -0.15) is 0 Å². The van der Waals surface area contributed by atoms with Gasteiger partial charge in [-0.15, -0.1) is 0 Å². The van der Waals surface area contributed by atoms with E-state index in [2.05, 4.69) is 50.5 Å². The van der Waals surface area contributed by atoms with Gasteiger partial charge in [0.15, 0.2) is 0 Å². The predicted molar refractivity (Wildman–Crippen MR) is 77.8 cm³/mol. The maximum Gasteiger partial charge on any atom is 0.0715 e. The Hall–Kier alpha value is -0.380. The van der Waals surface area contributed by atoms with Crippen molar-refractivity contribution in [2.75, 3.05) is 39.3 Å². The molecule has 1 fully saturated rings. The molecule has 1 aliphatic heterocycles. The number of nitrogens with zero attached hydrogens (tertiary/aromatic N) is 2. The number of allylic oxidation sites excluding steroid dienone is 1. The molecule has 0 amide bonds. The van der Waals surface area contributed by atoms with Crippen LogP contribution in [0.4, 0.5) is 0 Å². The van der Waals surface area contributed by atoms with Gasteiger partial charge < -0.3 is 5.11 Å². The van der Waals surface area contributed by atoms with Crippen LogP contribution in [-0.2, 0) is 0 Å². The highest BCUT2D eigenvalue weighted by Crippen LogP contribution is 2.20. The van der Waals surface area contributed by atoms with E-state index in [1.807, 2.05) is 0 Å². The number of β-amino-alcohol motifs (C(OH)–C–C–N with tert-alkyl or cyclic N) is 1. The molecule has 0 radical (unpaired) electrons. The summed E-state index contributed by atoms with van der Waals surface area (Å²) in [6.45, 7) is 16.8. The van der Waals surface area contributed by atoms with Crippen molar-refractivity contribution in [3.8, 4) is 0 Å². The highest BCUT2D eigenvalue weighted by Gasteiger charge is 2.26. The molecule has 0 aromatic carbocycles.